The molecule has 1 aliphatic heterocycles. The number of nitrogens with zero attached hydrogens (tertiary/aromatic N) is 2. The van der Waals surface area contributed by atoms with Gasteiger partial charge in [-0.15, -0.1) is 0 Å². The zero-order valence-electron chi connectivity index (χ0n) is 18.6. The first-order valence-corrected chi connectivity index (χ1v) is 11.1. The standard InChI is InChI=1S/C27H29N3O2/c1-20-9-6-10-22(17-20)19-29-15-8-16-30(27(29)32)25-14-7-13-24(18-25)26(31)28-21(2)23-11-4-3-5-12-23/h3-7,9-14,17-18,21H,8,15-16,19H2,1-2H3,(H,28,31)/t21-/m1/s1. The summed E-state index contributed by atoms with van der Waals surface area (Å²) in [5, 5.41) is 3.05. The molecule has 0 aliphatic carbocycles. The van der Waals surface area contributed by atoms with Crippen LogP contribution in [0.25, 0.3) is 0 Å². The van der Waals surface area contributed by atoms with Crippen molar-refractivity contribution in [3.63, 3.8) is 0 Å². The molecule has 1 aliphatic rings. The molecule has 164 valence electrons. The van der Waals surface area contributed by atoms with Crippen LogP contribution < -0.4 is 10.2 Å². The monoisotopic (exact) mass is 427 g/mol. The maximum atomic E-state index is 13.2. The molecular formula is C27H29N3O2. The molecule has 1 heterocycles. The number of benzene rings is 3. The second-order valence-corrected chi connectivity index (χ2v) is 8.35. The average molecular weight is 428 g/mol. The van der Waals surface area contributed by atoms with Crippen LogP contribution in [0.5, 0.6) is 0 Å². The number of aryl methyl sites for hydroxylation is 1. The lowest BCUT2D eigenvalue weighted by molar-refractivity contribution is 0.0940. The van der Waals surface area contributed by atoms with Crippen LogP contribution in [-0.2, 0) is 6.54 Å². The molecule has 4 rings (SSSR count). The normalized spacial score (nSPS) is 14.9. The van der Waals surface area contributed by atoms with Gasteiger partial charge in [0.05, 0.1) is 6.04 Å². The molecule has 0 bridgehead atoms. The largest absolute Gasteiger partial charge is 0.346 e. The van der Waals surface area contributed by atoms with Crippen molar-refractivity contribution in [2.24, 2.45) is 0 Å². The third-order valence-corrected chi connectivity index (χ3v) is 5.83. The lowest BCUT2D eigenvalue weighted by Gasteiger charge is -2.36. The lowest BCUT2D eigenvalue weighted by Crippen LogP contribution is -2.49. The van der Waals surface area contributed by atoms with E-state index < -0.39 is 0 Å². The Balaban J connectivity index is 1.47. The van der Waals surface area contributed by atoms with Crippen molar-refractivity contribution in [2.45, 2.75) is 32.9 Å². The number of amides is 3. The van der Waals surface area contributed by atoms with Crippen LogP contribution in [0, 0.1) is 6.92 Å². The van der Waals surface area contributed by atoms with Gasteiger partial charge in [0.15, 0.2) is 0 Å². The van der Waals surface area contributed by atoms with Crippen molar-refractivity contribution in [1.82, 2.24) is 10.2 Å². The quantitative estimate of drug-likeness (QED) is 0.579. The van der Waals surface area contributed by atoms with Crippen LogP contribution in [0.3, 0.4) is 0 Å². The Labute approximate surface area is 189 Å². The Hall–Kier alpha value is -3.60. The molecule has 0 spiro atoms. The molecule has 3 aromatic rings. The molecule has 5 nitrogen and oxygen atoms in total. The molecule has 0 unspecified atom stereocenters. The van der Waals surface area contributed by atoms with E-state index in [0.717, 1.165) is 29.8 Å². The van der Waals surface area contributed by atoms with Crippen LogP contribution >= 0.6 is 0 Å². The van der Waals surface area contributed by atoms with Crippen LogP contribution in [0.2, 0.25) is 0 Å². The van der Waals surface area contributed by atoms with Gasteiger partial charge in [0.25, 0.3) is 5.91 Å². The van der Waals surface area contributed by atoms with Gasteiger partial charge >= 0.3 is 6.03 Å². The highest BCUT2D eigenvalue weighted by Gasteiger charge is 2.27. The number of carbonyl (C=O) groups excluding carboxylic acids is 2. The van der Waals surface area contributed by atoms with E-state index in [0.29, 0.717) is 18.7 Å². The molecule has 5 heteroatoms. The molecule has 1 fully saturated rings. The van der Waals surface area contributed by atoms with Crippen molar-refractivity contribution >= 4 is 17.6 Å². The van der Waals surface area contributed by atoms with Gasteiger partial charge in [-0.05, 0) is 49.6 Å². The van der Waals surface area contributed by atoms with Crippen LogP contribution in [-0.4, -0.2) is 29.9 Å². The third kappa shape index (κ3) is 4.99. The van der Waals surface area contributed by atoms with Gasteiger partial charge in [-0.1, -0.05) is 66.2 Å². The molecule has 3 amide bonds. The van der Waals surface area contributed by atoms with E-state index in [4.69, 9.17) is 0 Å². The fourth-order valence-electron chi connectivity index (χ4n) is 4.12. The molecule has 3 aromatic carbocycles. The first-order chi connectivity index (χ1) is 15.5. The molecule has 0 saturated carbocycles. The summed E-state index contributed by atoms with van der Waals surface area (Å²) in [5.74, 6) is -0.149. The van der Waals surface area contributed by atoms with Crippen molar-refractivity contribution in [1.29, 1.82) is 0 Å². The molecular weight excluding hydrogens is 398 g/mol. The summed E-state index contributed by atoms with van der Waals surface area (Å²) >= 11 is 0. The summed E-state index contributed by atoms with van der Waals surface area (Å²) in [6.07, 6.45) is 0.888. The fourth-order valence-corrected chi connectivity index (χ4v) is 4.12. The minimum absolute atomic E-state index is 0.0204. The molecule has 32 heavy (non-hydrogen) atoms. The average Bonchev–Trinajstić information content (AvgIpc) is 2.81. The SMILES string of the molecule is Cc1cccc(CN2CCCN(c3cccc(C(=O)N[C@H](C)c4ccccc4)c3)C2=O)c1. The topological polar surface area (TPSA) is 52.6 Å². The van der Waals surface area contributed by atoms with Crippen molar-refractivity contribution < 1.29 is 9.59 Å². The summed E-state index contributed by atoms with van der Waals surface area (Å²) in [6.45, 7) is 6.00. The number of hydrogen-bond donors (Lipinski definition) is 1. The van der Waals surface area contributed by atoms with Gasteiger partial charge < -0.3 is 10.2 Å². The minimum Gasteiger partial charge on any atom is -0.346 e. The molecule has 1 atom stereocenters. The number of nitrogens with one attached hydrogen (secondary N) is 1. The van der Waals surface area contributed by atoms with E-state index in [1.54, 1.807) is 17.0 Å². The van der Waals surface area contributed by atoms with E-state index in [1.165, 1.54) is 5.56 Å². The zero-order chi connectivity index (χ0) is 22.5. The summed E-state index contributed by atoms with van der Waals surface area (Å²) in [7, 11) is 0. The minimum atomic E-state index is -0.149. The Morgan fingerprint density at radius 3 is 2.53 bits per heavy atom. The highest BCUT2D eigenvalue weighted by Crippen LogP contribution is 2.23. The van der Waals surface area contributed by atoms with Crippen molar-refractivity contribution in [3.8, 4) is 0 Å². The number of urea groups is 1. The molecule has 0 aromatic heterocycles. The van der Waals surface area contributed by atoms with E-state index in [9.17, 15) is 9.59 Å². The highest BCUT2D eigenvalue weighted by atomic mass is 16.2. The number of rotatable bonds is 6. The molecule has 1 saturated heterocycles. The first kappa shape index (κ1) is 21.6. The van der Waals surface area contributed by atoms with E-state index in [1.807, 2.05) is 60.4 Å². The van der Waals surface area contributed by atoms with Crippen molar-refractivity contribution in [3.05, 3.63) is 101 Å². The van der Waals surface area contributed by atoms with E-state index in [-0.39, 0.29) is 18.0 Å². The fraction of sp³-hybridized carbons (Fsp3) is 0.259. The van der Waals surface area contributed by atoms with Crippen LogP contribution in [0.4, 0.5) is 10.5 Å². The lowest BCUT2D eigenvalue weighted by atomic mass is 10.1. The smallest absolute Gasteiger partial charge is 0.324 e. The second kappa shape index (κ2) is 9.69. The summed E-state index contributed by atoms with van der Waals surface area (Å²) in [4.78, 5) is 29.7. The molecule has 0 radical (unpaired) electrons. The van der Waals surface area contributed by atoms with Gasteiger partial charge in [-0.2, -0.15) is 0 Å². The predicted octanol–water partition coefficient (Wildman–Crippen LogP) is 5.32. The number of carbonyl (C=O) groups is 2. The van der Waals surface area contributed by atoms with Gasteiger partial charge in [-0.3, -0.25) is 9.69 Å². The summed E-state index contributed by atoms with van der Waals surface area (Å²) < 4.78 is 0. The third-order valence-electron chi connectivity index (χ3n) is 5.83. The maximum absolute atomic E-state index is 13.2. The van der Waals surface area contributed by atoms with Crippen LogP contribution in [0.1, 0.15) is 46.4 Å². The van der Waals surface area contributed by atoms with Crippen molar-refractivity contribution in [2.75, 3.05) is 18.0 Å². The summed E-state index contributed by atoms with van der Waals surface area (Å²) in [5.41, 5.74) is 4.67. The Bertz CT molecular complexity index is 1100. The predicted molar refractivity (Wildman–Crippen MR) is 128 cm³/mol. The Kier molecular flexibility index (Phi) is 6.55. The van der Waals surface area contributed by atoms with Gasteiger partial charge in [0.2, 0.25) is 0 Å². The number of anilines is 1. The second-order valence-electron chi connectivity index (χ2n) is 8.35. The Morgan fingerprint density at radius 2 is 1.75 bits per heavy atom. The van der Waals surface area contributed by atoms with Crippen LogP contribution in [0.15, 0.2) is 78.9 Å². The Morgan fingerprint density at radius 1 is 0.969 bits per heavy atom. The maximum Gasteiger partial charge on any atom is 0.324 e. The van der Waals surface area contributed by atoms with Gasteiger partial charge in [0.1, 0.15) is 0 Å². The number of hydrogen-bond acceptors (Lipinski definition) is 2. The van der Waals surface area contributed by atoms with E-state index in [2.05, 4.69) is 30.4 Å². The van der Waals surface area contributed by atoms with Gasteiger partial charge in [0, 0.05) is 30.9 Å². The van der Waals surface area contributed by atoms with E-state index >= 15 is 0 Å². The first-order valence-electron chi connectivity index (χ1n) is 11.1. The van der Waals surface area contributed by atoms with Gasteiger partial charge in [-0.25, -0.2) is 4.79 Å². The highest BCUT2D eigenvalue weighted by molar-refractivity contribution is 5.98. The summed E-state index contributed by atoms with van der Waals surface area (Å²) in [6, 6.07) is 25.3. The zero-order valence-corrected chi connectivity index (χ0v) is 18.6. The molecule has 1 N–H and O–H groups in total.